The van der Waals surface area contributed by atoms with Crippen LogP contribution < -0.4 is 5.73 Å². The predicted octanol–water partition coefficient (Wildman–Crippen LogP) is 0.860. The van der Waals surface area contributed by atoms with Crippen molar-refractivity contribution in [3.63, 3.8) is 0 Å². The Morgan fingerprint density at radius 3 is 2.88 bits per heavy atom. The summed E-state index contributed by atoms with van der Waals surface area (Å²) in [5.41, 5.74) is 6.66. The maximum atomic E-state index is 12.3. The third-order valence-corrected chi connectivity index (χ3v) is 4.82. The Morgan fingerprint density at radius 2 is 2.12 bits per heavy atom. The molecule has 6 heteroatoms. The van der Waals surface area contributed by atoms with Gasteiger partial charge in [0.2, 0.25) is 0 Å². The molecule has 2 heterocycles. The fraction of sp³-hybridized carbons (Fsp3) is 0.611. The number of benzene rings is 1. The van der Waals surface area contributed by atoms with Crippen molar-refractivity contribution >= 4 is 5.97 Å². The average molecular weight is 335 g/mol. The lowest BCUT2D eigenvalue weighted by molar-refractivity contribution is -0.152. The van der Waals surface area contributed by atoms with E-state index in [1.54, 1.807) is 0 Å². The largest absolute Gasteiger partial charge is 0.459 e. The van der Waals surface area contributed by atoms with Crippen LogP contribution in [0, 0.1) is 11.8 Å². The molecule has 0 saturated carbocycles. The molecule has 2 aliphatic rings. The van der Waals surface area contributed by atoms with Crippen LogP contribution in [0.3, 0.4) is 0 Å². The van der Waals surface area contributed by atoms with Crippen LogP contribution in [0.15, 0.2) is 30.3 Å². The maximum absolute atomic E-state index is 12.3. The molecule has 0 bridgehead atoms. The van der Waals surface area contributed by atoms with Crippen molar-refractivity contribution in [1.82, 2.24) is 0 Å². The number of carbonyl (C=O) groups excluding carboxylic acids is 1. The fourth-order valence-electron chi connectivity index (χ4n) is 3.43. The highest BCUT2D eigenvalue weighted by Gasteiger charge is 2.44. The Kier molecular flexibility index (Phi) is 5.84. The van der Waals surface area contributed by atoms with Gasteiger partial charge in [0.05, 0.1) is 31.7 Å². The summed E-state index contributed by atoms with van der Waals surface area (Å²) in [6, 6.07) is 9.78. The molecule has 1 aromatic carbocycles. The number of carbonyl (C=O) groups is 1. The van der Waals surface area contributed by atoms with Crippen LogP contribution in [0.2, 0.25) is 0 Å². The first-order chi connectivity index (χ1) is 11.7. The van der Waals surface area contributed by atoms with Crippen LogP contribution in [0.25, 0.3) is 0 Å². The molecule has 132 valence electrons. The number of esters is 1. The molecule has 0 radical (unpaired) electrons. The van der Waals surface area contributed by atoms with Crippen LogP contribution in [0.1, 0.15) is 18.4 Å². The summed E-state index contributed by atoms with van der Waals surface area (Å²) in [5, 5.41) is 10.2. The quantitative estimate of drug-likeness (QED) is 0.718. The average Bonchev–Trinajstić information content (AvgIpc) is 3.19. The van der Waals surface area contributed by atoms with E-state index in [0.717, 1.165) is 12.0 Å². The van der Waals surface area contributed by atoms with E-state index >= 15 is 0 Å². The number of aliphatic hydroxyl groups excluding tert-OH is 1. The molecule has 3 N–H and O–H groups in total. The fourth-order valence-corrected chi connectivity index (χ4v) is 3.43. The lowest BCUT2D eigenvalue weighted by Gasteiger charge is -2.23. The van der Waals surface area contributed by atoms with E-state index in [1.807, 2.05) is 30.3 Å². The van der Waals surface area contributed by atoms with Gasteiger partial charge in [-0.2, -0.15) is 0 Å². The van der Waals surface area contributed by atoms with Gasteiger partial charge in [-0.25, -0.2) is 0 Å². The van der Waals surface area contributed by atoms with Crippen molar-refractivity contribution in [3.8, 4) is 0 Å². The van der Waals surface area contributed by atoms with Gasteiger partial charge in [-0.3, -0.25) is 4.79 Å². The van der Waals surface area contributed by atoms with Crippen LogP contribution in [0.5, 0.6) is 0 Å². The van der Waals surface area contributed by atoms with Crippen LogP contribution >= 0.6 is 0 Å². The van der Waals surface area contributed by atoms with Crippen molar-refractivity contribution < 1.29 is 24.1 Å². The molecule has 1 aromatic rings. The molecular weight excluding hydrogens is 310 g/mol. The van der Waals surface area contributed by atoms with Crippen molar-refractivity contribution in [2.75, 3.05) is 19.8 Å². The van der Waals surface area contributed by atoms with Gasteiger partial charge in [0.15, 0.2) is 6.29 Å². The molecule has 24 heavy (non-hydrogen) atoms. The van der Waals surface area contributed by atoms with Crippen molar-refractivity contribution in [2.24, 2.45) is 17.6 Å². The molecular formula is C18H25NO5. The lowest BCUT2D eigenvalue weighted by Crippen LogP contribution is -2.34. The smallest absolute Gasteiger partial charge is 0.306 e. The molecule has 0 aliphatic carbocycles. The molecule has 3 rings (SSSR count). The van der Waals surface area contributed by atoms with E-state index in [0.29, 0.717) is 19.6 Å². The summed E-state index contributed by atoms with van der Waals surface area (Å²) in [4.78, 5) is 12.3. The molecule has 0 amide bonds. The zero-order chi connectivity index (χ0) is 16.9. The Balaban J connectivity index is 1.56. The Morgan fingerprint density at radius 1 is 1.33 bits per heavy atom. The van der Waals surface area contributed by atoms with E-state index < -0.39 is 6.10 Å². The summed E-state index contributed by atoms with van der Waals surface area (Å²) >= 11 is 0. The second-order valence-corrected chi connectivity index (χ2v) is 6.51. The third kappa shape index (κ3) is 4.13. The minimum Gasteiger partial charge on any atom is -0.459 e. The van der Waals surface area contributed by atoms with Crippen LogP contribution in [-0.4, -0.2) is 49.3 Å². The number of hydrogen-bond acceptors (Lipinski definition) is 6. The maximum Gasteiger partial charge on any atom is 0.306 e. The highest BCUT2D eigenvalue weighted by molar-refractivity contribution is 5.70. The molecule has 0 unspecified atom stereocenters. The van der Waals surface area contributed by atoms with Crippen molar-refractivity contribution in [1.29, 1.82) is 0 Å². The van der Waals surface area contributed by atoms with Gasteiger partial charge in [-0.1, -0.05) is 30.3 Å². The molecule has 2 aliphatic heterocycles. The highest BCUT2D eigenvalue weighted by atomic mass is 16.7. The van der Waals surface area contributed by atoms with E-state index in [1.165, 1.54) is 0 Å². The Bertz CT molecular complexity index is 537. The van der Waals surface area contributed by atoms with Gasteiger partial charge in [0.25, 0.3) is 0 Å². The van der Waals surface area contributed by atoms with E-state index in [9.17, 15) is 9.90 Å². The molecule has 0 spiro atoms. The first kappa shape index (κ1) is 17.4. The van der Waals surface area contributed by atoms with E-state index in [4.69, 9.17) is 19.9 Å². The summed E-state index contributed by atoms with van der Waals surface area (Å²) in [6.07, 6.45) is 0.351. The molecule has 5 atom stereocenters. The number of hydrogen-bond donors (Lipinski definition) is 2. The van der Waals surface area contributed by atoms with Crippen LogP contribution in [-0.2, 0) is 25.4 Å². The van der Waals surface area contributed by atoms with Gasteiger partial charge < -0.3 is 25.1 Å². The molecule has 2 saturated heterocycles. The Labute approximate surface area is 141 Å². The Hall–Kier alpha value is -1.47. The van der Waals surface area contributed by atoms with E-state index in [2.05, 4.69) is 0 Å². The normalized spacial score (nSPS) is 28.3. The number of aliphatic hydroxyl groups is 1. The number of fused-ring (bicyclic) bond motifs is 1. The van der Waals surface area contributed by atoms with Crippen LogP contribution in [0.4, 0.5) is 0 Å². The molecule has 0 aromatic heterocycles. The highest BCUT2D eigenvalue weighted by Crippen LogP contribution is 2.33. The van der Waals surface area contributed by atoms with Gasteiger partial charge in [-0.15, -0.1) is 0 Å². The van der Waals surface area contributed by atoms with E-state index in [-0.39, 0.29) is 43.2 Å². The summed E-state index contributed by atoms with van der Waals surface area (Å²) in [7, 11) is 0. The van der Waals surface area contributed by atoms with Gasteiger partial charge >= 0.3 is 5.97 Å². The molecule has 6 nitrogen and oxygen atoms in total. The zero-order valence-electron chi connectivity index (χ0n) is 13.7. The monoisotopic (exact) mass is 335 g/mol. The summed E-state index contributed by atoms with van der Waals surface area (Å²) in [6.45, 7) is 1.14. The van der Waals surface area contributed by atoms with Crippen molar-refractivity contribution in [3.05, 3.63) is 35.9 Å². The topological polar surface area (TPSA) is 91.0 Å². The number of ether oxygens (including phenoxy) is 3. The third-order valence-electron chi connectivity index (χ3n) is 4.82. The minimum atomic E-state index is -0.736. The zero-order valence-corrected chi connectivity index (χ0v) is 13.7. The number of nitrogens with two attached hydrogens (primary N) is 1. The summed E-state index contributed by atoms with van der Waals surface area (Å²) in [5.74, 6) is -0.451. The van der Waals surface area contributed by atoms with Gasteiger partial charge in [0.1, 0.15) is 6.10 Å². The second-order valence-electron chi connectivity index (χ2n) is 6.51. The molecule has 2 fully saturated rings. The predicted molar refractivity (Wildman–Crippen MR) is 87.0 cm³/mol. The summed E-state index contributed by atoms with van der Waals surface area (Å²) < 4.78 is 16.5. The minimum absolute atomic E-state index is 0.121. The number of rotatable bonds is 7. The first-order valence-corrected chi connectivity index (χ1v) is 8.52. The second kappa shape index (κ2) is 8.07. The SMILES string of the molecule is NC[C@@H](O)[C@@H](CC(=O)O[C@H]1CO[C@H]2OCC[C@H]21)Cc1ccccc1. The van der Waals surface area contributed by atoms with Crippen molar-refractivity contribution in [2.45, 2.75) is 37.8 Å². The standard InChI is InChI=1S/C18H25NO5/c19-10-15(20)13(8-12-4-2-1-3-5-12)9-17(21)24-16-11-23-18-14(16)6-7-22-18/h1-5,13-16,18,20H,6-11,19H2/t13-,14+,15-,16+,18-/m1/s1. The van der Waals surface area contributed by atoms with Gasteiger partial charge in [-0.05, 0) is 18.4 Å². The van der Waals surface area contributed by atoms with Gasteiger partial charge in [0, 0.05) is 12.5 Å². The lowest BCUT2D eigenvalue weighted by atomic mass is 9.91. The first-order valence-electron chi connectivity index (χ1n) is 8.52.